The van der Waals surface area contributed by atoms with Crippen molar-refractivity contribution in [1.82, 2.24) is 20.2 Å². The summed E-state index contributed by atoms with van der Waals surface area (Å²) >= 11 is 1.43. The number of hydrogen-bond acceptors (Lipinski definition) is 6. The summed E-state index contributed by atoms with van der Waals surface area (Å²) in [6.45, 7) is 2.01. The van der Waals surface area contributed by atoms with E-state index in [9.17, 15) is 4.79 Å². The Morgan fingerprint density at radius 1 is 1.15 bits per heavy atom. The molecule has 7 nitrogen and oxygen atoms in total. The number of rotatable bonds is 7. The first-order valence-electron chi connectivity index (χ1n) is 8.08. The average Bonchev–Trinajstić information content (AvgIpc) is 3.12. The monoisotopic (exact) mass is 369 g/mol. The van der Waals surface area contributed by atoms with Crippen molar-refractivity contribution >= 4 is 23.4 Å². The maximum atomic E-state index is 12.1. The lowest BCUT2D eigenvalue weighted by molar-refractivity contribution is -0.115. The standard InChI is InChI=1S/C18H19N5O2S/c1-13-3-5-14(6-4-13)19-17(24)11-12-26-18-20-21-22-23(18)15-7-9-16(25-2)10-8-15/h3-10H,11-12H2,1-2H3,(H,19,24). The van der Waals surface area contributed by atoms with Crippen LogP contribution >= 0.6 is 11.8 Å². The highest BCUT2D eigenvalue weighted by molar-refractivity contribution is 7.99. The highest BCUT2D eigenvalue weighted by atomic mass is 32.2. The Bertz CT molecular complexity index is 862. The van der Waals surface area contributed by atoms with Gasteiger partial charge in [-0.1, -0.05) is 29.5 Å². The molecule has 26 heavy (non-hydrogen) atoms. The first kappa shape index (κ1) is 17.9. The van der Waals surface area contributed by atoms with Gasteiger partial charge in [-0.25, -0.2) is 0 Å². The van der Waals surface area contributed by atoms with Crippen molar-refractivity contribution in [2.24, 2.45) is 0 Å². The molecule has 2 aromatic carbocycles. The Morgan fingerprint density at radius 3 is 2.58 bits per heavy atom. The molecule has 134 valence electrons. The molecule has 0 saturated heterocycles. The SMILES string of the molecule is COc1ccc(-n2nnnc2SCCC(=O)Nc2ccc(C)cc2)cc1. The van der Waals surface area contributed by atoms with Gasteiger partial charge in [0.15, 0.2) is 0 Å². The molecule has 0 radical (unpaired) electrons. The van der Waals surface area contributed by atoms with Crippen LogP contribution in [-0.2, 0) is 4.79 Å². The number of aryl methyl sites for hydroxylation is 1. The number of anilines is 1. The lowest BCUT2D eigenvalue weighted by Gasteiger charge is -2.06. The van der Waals surface area contributed by atoms with Gasteiger partial charge in [-0.05, 0) is 53.7 Å². The van der Waals surface area contributed by atoms with Crippen LogP contribution in [-0.4, -0.2) is 39.0 Å². The molecule has 0 aliphatic heterocycles. The Kier molecular flexibility index (Phi) is 5.85. The van der Waals surface area contributed by atoms with Gasteiger partial charge in [0, 0.05) is 17.9 Å². The fourth-order valence-electron chi connectivity index (χ4n) is 2.25. The molecule has 3 aromatic rings. The fourth-order valence-corrected chi connectivity index (χ4v) is 3.08. The van der Waals surface area contributed by atoms with Crippen molar-refractivity contribution in [3.8, 4) is 11.4 Å². The van der Waals surface area contributed by atoms with E-state index < -0.39 is 0 Å². The summed E-state index contributed by atoms with van der Waals surface area (Å²) in [4.78, 5) is 12.1. The highest BCUT2D eigenvalue weighted by Crippen LogP contribution is 2.21. The maximum absolute atomic E-state index is 12.1. The van der Waals surface area contributed by atoms with Gasteiger partial charge in [0.2, 0.25) is 11.1 Å². The normalized spacial score (nSPS) is 10.5. The van der Waals surface area contributed by atoms with Crippen molar-refractivity contribution in [2.75, 3.05) is 18.2 Å². The van der Waals surface area contributed by atoms with E-state index in [1.165, 1.54) is 11.8 Å². The highest BCUT2D eigenvalue weighted by Gasteiger charge is 2.10. The molecular formula is C18H19N5O2S. The average molecular weight is 369 g/mol. The quantitative estimate of drug-likeness (QED) is 0.645. The molecule has 0 unspecified atom stereocenters. The fraction of sp³-hybridized carbons (Fsp3) is 0.222. The number of tetrazole rings is 1. The molecule has 8 heteroatoms. The van der Waals surface area contributed by atoms with Gasteiger partial charge in [0.05, 0.1) is 12.8 Å². The summed E-state index contributed by atoms with van der Waals surface area (Å²) in [5, 5.41) is 15.3. The van der Waals surface area contributed by atoms with Crippen molar-refractivity contribution in [3.05, 3.63) is 54.1 Å². The maximum Gasteiger partial charge on any atom is 0.225 e. The molecule has 0 atom stereocenters. The number of nitrogens with one attached hydrogen (secondary N) is 1. The van der Waals surface area contributed by atoms with Crippen LogP contribution in [0.15, 0.2) is 53.7 Å². The van der Waals surface area contributed by atoms with Gasteiger partial charge < -0.3 is 10.1 Å². The number of carbonyl (C=O) groups excluding carboxylic acids is 1. The van der Waals surface area contributed by atoms with Crippen molar-refractivity contribution in [1.29, 1.82) is 0 Å². The Balaban J connectivity index is 1.54. The van der Waals surface area contributed by atoms with Crippen molar-refractivity contribution in [3.63, 3.8) is 0 Å². The third-order valence-electron chi connectivity index (χ3n) is 3.65. The molecule has 0 aliphatic rings. The second kappa shape index (κ2) is 8.48. The lowest BCUT2D eigenvalue weighted by atomic mass is 10.2. The van der Waals surface area contributed by atoms with Crippen LogP contribution in [0.5, 0.6) is 5.75 Å². The van der Waals surface area contributed by atoms with E-state index in [0.717, 1.165) is 22.7 Å². The minimum Gasteiger partial charge on any atom is -0.497 e. The Labute approximate surface area is 155 Å². The molecule has 1 N–H and O–H groups in total. The summed E-state index contributed by atoms with van der Waals surface area (Å²) in [5.41, 5.74) is 2.79. The zero-order valence-electron chi connectivity index (χ0n) is 14.5. The van der Waals surface area contributed by atoms with Crippen LogP contribution in [0.3, 0.4) is 0 Å². The first-order chi connectivity index (χ1) is 12.7. The summed E-state index contributed by atoms with van der Waals surface area (Å²) in [6.07, 6.45) is 0.369. The third-order valence-corrected chi connectivity index (χ3v) is 4.57. The predicted octanol–water partition coefficient (Wildman–Crippen LogP) is 3.10. The summed E-state index contributed by atoms with van der Waals surface area (Å²) in [7, 11) is 1.62. The molecule has 0 spiro atoms. The van der Waals surface area contributed by atoms with Crippen LogP contribution in [0.1, 0.15) is 12.0 Å². The number of hydrogen-bond donors (Lipinski definition) is 1. The smallest absolute Gasteiger partial charge is 0.225 e. The number of thioether (sulfide) groups is 1. The number of methoxy groups -OCH3 is 1. The van der Waals surface area contributed by atoms with Crippen LogP contribution in [0.2, 0.25) is 0 Å². The van der Waals surface area contributed by atoms with Crippen molar-refractivity contribution < 1.29 is 9.53 Å². The number of amides is 1. The summed E-state index contributed by atoms with van der Waals surface area (Å²) < 4.78 is 6.79. The number of carbonyl (C=O) groups is 1. The second-order valence-electron chi connectivity index (χ2n) is 5.58. The molecule has 0 bridgehead atoms. The van der Waals surface area contributed by atoms with E-state index >= 15 is 0 Å². The van der Waals surface area contributed by atoms with E-state index in [4.69, 9.17) is 4.74 Å². The molecule has 3 rings (SSSR count). The van der Waals surface area contributed by atoms with Gasteiger partial charge in [0.25, 0.3) is 0 Å². The van der Waals surface area contributed by atoms with Gasteiger partial charge in [-0.2, -0.15) is 4.68 Å². The molecule has 0 fully saturated rings. The van der Waals surface area contributed by atoms with Gasteiger partial charge in [-0.3, -0.25) is 4.79 Å². The molecule has 1 aromatic heterocycles. The van der Waals surface area contributed by atoms with Gasteiger partial charge >= 0.3 is 0 Å². The van der Waals surface area contributed by atoms with E-state index in [1.807, 2.05) is 55.5 Å². The molecular weight excluding hydrogens is 350 g/mol. The molecule has 0 aliphatic carbocycles. The van der Waals surface area contributed by atoms with E-state index in [1.54, 1.807) is 11.8 Å². The van der Waals surface area contributed by atoms with Crippen LogP contribution < -0.4 is 10.1 Å². The van der Waals surface area contributed by atoms with Crippen LogP contribution in [0.4, 0.5) is 5.69 Å². The zero-order valence-corrected chi connectivity index (χ0v) is 15.4. The molecule has 0 saturated carbocycles. The van der Waals surface area contributed by atoms with Crippen LogP contribution in [0.25, 0.3) is 5.69 Å². The first-order valence-corrected chi connectivity index (χ1v) is 9.06. The number of nitrogens with zero attached hydrogens (tertiary/aromatic N) is 4. The van der Waals surface area contributed by atoms with Crippen molar-refractivity contribution in [2.45, 2.75) is 18.5 Å². The number of aromatic nitrogens is 4. The topological polar surface area (TPSA) is 81.9 Å². The van der Waals surface area contributed by atoms with E-state index in [-0.39, 0.29) is 5.91 Å². The largest absolute Gasteiger partial charge is 0.497 e. The summed E-state index contributed by atoms with van der Waals surface area (Å²) in [5.74, 6) is 1.31. The zero-order chi connectivity index (χ0) is 18.4. The van der Waals surface area contributed by atoms with Gasteiger partial charge in [0.1, 0.15) is 5.75 Å². The molecule has 1 amide bonds. The second-order valence-corrected chi connectivity index (χ2v) is 6.65. The van der Waals surface area contributed by atoms with Crippen LogP contribution in [0, 0.1) is 6.92 Å². The Hall–Kier alpha value is -2.87. The number of ether oxygens (including phenoxy) is 1. The third kappa shape index (κ3) is 4.60. The lowest BCUT2D eigenvalue weighted by Crippen LogP contribution is -2.12. The summed E-state index contributed by atoms with van der Waals surface area (Å²) in [6, 6.07) is 15.2. The Morgan fingerprint density at radius 2 is 1.88 bits per heavy atom. The minimum atomic E-state index is -0.0372. The number of benzene rings is 2. The van der Waals surface area contributed by atoms with E-state index in [0.29, 0.717) is 17.3 Å². The van der Waals surface area contributed by atoms with Gasteiger partial charge in [-0.15, -0.1) is 5.10 Å². The predicted molar refractivity (Wildman–Crippen MR) is 101 cm³/mol. The van der Waals surface area contributed by atoms with E-state index in [2.05, 4.69) is 20.8 Å². The molecule has 1 heterocycles. The minimum absolute atomic E-state index is 0.0372.